The van der Waals surface area contributed by atoms with Gasteiger partial charge in [0, 0.05) is 5.69 Å². The molecule has 0 spiro atoms. The predicted octanol–water partition coefficient (Wildman–Crippen LogP) is 4.48. The molecule has 3 rings (SSSR count). The molecular formula is C20H23N5O. The van der Waals surface area contributed by atoms with Gasteiger partial charge in [0.1, 0.15) is 17.8 Å². The van der Waals surface area contributed by atoms with Crippen LogP contribution < -0.4 is 21.1 Å². The van der Waals surface area contributed by atoms with Gasteiger partial charge < -0.3 is 21.1 Å². The highest BCUT2D eigenvalue weighted by Gasteiger charge is 2.12. The molecule has 26 heavy (non-hydrogen) atoms. The van der Waals surface area contributed by atoms with Crippen molar-refractivity contribution in [1.29, 1.82) is 0 Å². The highest BCUT2D eigenvalue weighted by atomic mass is 16.5. The number of hydrogen-bond donors (Lipinski definition) is 3. The molecule has 6 heteroatoms. The van der Waals surface area contributed by atoms with Crippen LogP contribution in [0, 0.1) is 20.8 Å². The standard InChI is InChI=1S/C20H23N5O/c1-12-5-7-15(14(3)9-12)24-19-18(21)20(23-11-22-19)25-16-10-13(2)6-8-17(16)26-4/h5-11H,21H2,1-4H3,(H2,22,23,24,25). The summed E-state index contributed by atoms with van der Waals surface area (Å²) in [7, 11) is 1.63. The van der Waals surface area contributed by atoms with E-state index >= 15 is 0 Å². The van der Waals surface area contributed by atoms with E-state index in [-0.39, 0.29) is 0 Å². The zero-order valence-electron chi connectivity index (χ0n) is 15.4. The molecule has 0 aliphatic rings. The zero-order valence-corrected chi connectivity index (χ0v) is 15.4. The molecule has 0 unspecified atom stereocenters. The molecule has 3 aromatic rings. The number of ether oxygens (including phenoxy) is 1. The van der Waals surface area contributed by atoms with E-state index < -0.39 is 0 Å². The maximum absolute atomic E-state index is 6.30. The van der Waals surface area contributed by atoms with Crippen molar-refractivity contribution in [2.24, 2.45) is 0 Å². The van der Waals surface area contributed by atoms with Crippen LogP contribution in [0.25, 0.3) is 0 Å². The third-order valence-corrected chi connectivity index (χ3v) is 4.13. The number of rotatable bonds is 5. The minimum Gasteiger partial charge on any atom is -0.495 e. The van der Waals surface area contributed by atoms with Crippen molar-refractivity contribution in [3.05, 3.63) is 59.4 Å². The SMILES string of the molecule is COc1ccc(C)cc1Nc1ncnc(Nc2ccc(C)cc2C)c1N. The van der Waals surface area contributed by atoms with Gasteiger partial charge in [0.25, 0.3) is 0 Å². The summed E-state index contributed by atoms with van der Waals surface area (Å²) in [6.07, 6.45) is 1.48. The highest BCUT2D eigenvalue weighted by molar-refractivity contribution is 5.82. The molecule has 6 nitrogen and oxygen atoms in total. The fourth-order valence-corrected chi connectivity index (χ4v) is 2.72. The van der Waals surface area contributed by atoms with Crippen molar-refractivity contribution in [2.45, 2.75) is 20.8 Å². The predicted molar refractivity (Wildman–Crippen MR) is 107 cm³/mol. The Morgan fingerprint density at radius 2 is 1.46 bits per heavy atom. The van der Waals surface area contributed by atoms with Crippen LogP contribution in [0.3, 0.4) is 0 Å². The maximum atomic E-state index is 6.30. The van der Waals surface area contributed by atoms with Gasteiger partial charge in [-0.15, -0.1) is 0 Å². The van der Waals surface area contributed by atoms with E-state index in [0.717, 1.165) is 28.3 Å². The number of aryl methyl sites for hydroxylation is 3. The van der Waals surface area contributed by atoms with Crippen molar-refractivity contribution >= 4 is 28.7 Å². The number of aromatic nitrogens is 2. The van der Waals surface area contributed by atoms with E-state index in [1.54, 1.807) is 7.11 Å². The van der Waals surface area contributed by atoms with Gasteiger partial charge in [-0.2, -0.15) is 0 Å². The summed E-state index contributed by atoms with van der Waals surface area (Å²) in [5, 5.41) is 6.53. The van der Waals surface area contributed by atoms with E-state index in [9.17, 15) is 0 Å². The van der Waals surface area contributed by atoms with Crippen molar-refractivity contribution in [2.75, 3.05) is 23.5 Å². The summed E-state index contributed by atoms with van der Waals surface area (Å²) in [5.74, 6) is 1.80. The Bertz CT molecular complexity index is 939. The monoisotopic (exact) mass is 349 g/mol. The van der Waals surface area contributed by atoms with Gasteiger partial charge in [0.15, 0.2) is 11.6 Å². The topological polar surface area (TPSA) is 85.1 Å². The summed E-state index contributed by atoms with van der Waals surface area (Å²) in [5.41, 5.74) is 11.9. The Kier molecular flexibility index (Phi) is 4.93. The molecule has 0 aliphatic heterocycles. The van der Waals surface area contributed by atoms with Gasteiger partial charge in [0.2, 0.25) is 0 Å². The molecule has 0 atom stereocenters. The van der Waals surface area contributed by atoms with Gasteiger partial charge >= 0.3 is 0 Å². The Labute approximate surface area is 153 Å². The van der Waals surface area contributed by atoms with Gasteiger partial charge in [0.05, 0.1) is 12.8 Å². The lowest BCUT2D eigenvalue weighted by Gasteiger charge is -2.15. The molecule has 2 aromatic carbocycles. The maximum Gasteiger partial charge on any atom is 0.159 e. The lowest BCUT2D eigenvalue weighted by Crippen LogP contribution is -2.06. The average molecular weight is 349 g/mol. The summed E-state index contributed by atoms with van der Waals surface area (Å²) in [6, 6.07) is 12.0. The Hall–Kier alpha value is -3.28. The Morgan fingerprint density at radius 3 is 2.12 bits per heavy atom. The van der Waals surface area contributed by atoms with Crippen LogP contribution in [0.2, 0.25) is 0 Å². The van der Waals surface area contributed by atoms with E-state index in [2.05, 4.69) is 33.6 Å². The largest absolute Gasteiger partial charge is 0.495 e. The molecule has 1 heterocycles. The molecule has 0 bridgehead atoms. The van der Waals surface area contributed by atoms with Gasteiger partial charge in [-0.05, 0) is 50.1 Å². The Morgan fingerprint density at radius 1 is 0.846 bits per heavy atom. The Balaban J connectivity index is 1.91. The van der Waals surface area contributed by atoms with Crippen LogP contribution in [0.1, 0.15) is 16.7 Å². The number of hydrogen-bond acceptors (Lipinski definition) is 6. The third-order valence-electron chi connectivity index (χ3n) is 4.13. The first-order valence-corrected chi connectivity index (χ1v) is 8.34. The number of nitrogens with two attached hydrogens (primary N) is 1. The fraction of sp³-hybridized carbons (Fsp3) is 0.200. The summed E-state index contributed by atoms with van der Waals surface area (Å²) in [6.45, 7) is 6.12. The second-order valence-electron chi connectivity index (χ2n) is 6.26. The smallest absolute Gasteiger partial charge is 0.159 e. The number of anilines is 5. The van der Waals surface area contributed by atoms with Crippen molar-refractivity contribution in [1.82, 2.24) is 9.97 Å². The summed E-state index contributed by atoms with van der Waals surface area (Å²) in [4.78, 5) is 8.56. The number of nitrogens with zero attached hydrogens (tertiary/aromatic N) is 2. The van der Waals surface area contributed by atoms with E-state index in [0.29, 0.717) is 17.3 Å². The summed E-state index contributed by atoms with van der Waals surface area (Å²) >= 11 is 0. The first kappa shape index (κ1) is 17.5. The summed E-state index contributed by atoms with van der Waals surface area (Å²) < 4.78 is 5.40. The van der Waals surface area contributed by atoms with Gasteiger partial charge in [-0.1, -0.05) is 23.8 Å². The minimum absolute atomic E-state index is 0.441. The number of nitrogen functional groups attached to an aromatic ring is 1. The molecule has 0 amide bonds. The van der Waals surface area contributed by atoms with Crippen LogP contribution in [-0.2, 0) is 0 Å². The van der Waals surface area contributed by atoms with Crippen LogP contribution in [0.15, 0.2) is 42.7 Å². The molecule has 0 aliphatic carbocycles. The molecule has 0 saturated carbocycles. The van der Waals surface area contributed by atoms with Crippen LogP contribution >= 0.6 is 0 Å². The van der Waals surface area contributed by atoms with Crippen LogP contribution in [-0.4, -0.2) is 17.1 Å². The second-order valence-corrected chi connectivity index (χ2v) is 6.26. The first-order chi connectivity index (χ1) is 12.5. The van der Waals surface area contributed by atoms with Crippen molar-refractivity contribution < 1.29 is 4.74 Å². The molecule has 0 radical (unpaired) electrons. The normalized spacial score (nSPS) is 10.5. The number of nitrogens with one attached hydrogen (secondary N) is 2. The van der Waals surface area contributed by atoms with E-state index in [1.807, 2.05) is 44.2 Å². The van der Waals surface area contributed by atoms with Crippen LogP contribution in [0.4, 0.5) is 28.7 Å². The number of methoxy groups -OCH3 is 1. The molecular weight excluding hydrogens is 326 g/mol. The molecule has 0 fully saturated rings. The molecule has 134 valence electrons. The quantitative estimate of drug-likeness (QED) is 0.630. The molecule has 0 saturated heterocycles. The lowest BCUT2D eigenvalue weighted by molar-refractivity contribution is 0.416. The third kappa shape index (κ3) is 3.69. The van der Waals surface area contributed by atoms with Crippen molar-refractivity contribution in [3.63, 3.8) is 0 Å². The highest BCUT2D eigenvalue weighted by Crippen LogP contribution is 2.33. The minimum atomic E-state index is 0.441. The second kappa shape index (κ2) is 7.31. The van der Waals surface area contributed by atoms with E-state index in [4.69, 9.17) is 10.5 Å². The zero-order chi connectivity index (χ0) is 18.7. The van der Waals surface area contributed by atoms with Crippen molar-refractivity contribution in [3.8, 4) is 5.75 Å². The lowest BCUT2D eigenvalue weighted by atomic mass is 10.1. The van der Waals surface area contributed by atoms with E-state index in [1.165, 1.54) is 11.9 Å². The molecule has 1 aromatic heterocycles. The van der Waals surface area contributed by atoms with Crippen LogP contribution in [0.5, 0.6) is 5.75 Å². The average Bonchev–Trinajstić information content (AvgIpc) is 2.61. The fourth-order valence-electron chi connectivity index (χ4n) is 2.72. The number of benzene rings is 2. The first-order valence-electron chi connectivity index (χ1n) is 8.34. The molecule has 4 N–H and O–H groups in total. The van der Waals surface area contributed by atoms with Gasteiger partial charge in [-0.3, -0.25) is 0 Å². The van der Waals surface area contributed by atoms with Gasteiger partial charge in [-0.25, -0.2) is 9.97 Å².